The lowest BCUT2D eigenvalue weighted by molar-refractivity contribution is 0.226. The van der Waals surface area contributed by atoms with Crippen LogP contribution in [0.5, 0.6) is 5.75 Å². The molecule has 1 N–H and O–H groups in total. The van der Waals surface area contributed by atoms with E-state index in [1.807, 2.05) is 13.0 Å². The Morgan fingerprint density at radius 3 is 2.89 bits per heavy atom. The number of rotatable bonds is 2. The van der Waals surface area contributed by atoms with E-state index in [4.69, 9.17) is 0 Å². The Bertz CT molecular complexity index is 429. The van der Waals surface area contributed by atoms with Crippen molar-refractivity contribution in [3.63, 3.8) is 0 Å². The van der Waals surface area contributed by atoms with E-state index in [1.54, 1.807) is 0 Å². The van der Waals surface area contributed by atoms with Gasteiger partial charge in [-0.25, -0.2) is 0 Å². The van der Waals surface area contributed by atoms with Crippen molar-refractivity contribution in [2.24, 2.45) is 11.8 Å². The molecule has 2 nitrogen and oxygen atoms in total. The molecule has 2 aliphatic rings. The lowest BCUT2D eigenvalue weighted by Crippen LogP contribution is -2.28. The summed E-state index contributed by atoms with van der Waals surface area (Å²) in [7, 11) is 0. The predicted octanol–water partition coefficient (Wildman–Crippen LogP) is 3.32. The second-order valence-corrected chi connectivity index (χ2v) is 6.20. The van der Waals surface area contributed by atoms with Crippen LogP contribution in [0.15, 0.2) is 18.2 Å². The molecule has 0 unspecified atom stereocenters. The van der Waals surface area contributed by atoms with Crippen LogP contribution in [-0.2, 0) is 6.54 Å². The Morgan fingerprint density at radius 2 is 2.06 bits per heavy atom. The summed E-state index contributed by atoms with van der Waals surface area (Å²) < 4.78 is 0. The van der Waals surface area contributed by atoms with Gasteiger partial charge in [0.1, 0.15) is 5.75 Å². The summed E-state index contributed by atoms with van der Waals surface area (Å²) in [6.07, 6.45) is 5.66. The van der Waals surface area contributed by atoms with E-state index >= 15 is 0 Å². The minimum absolute atomic E-state index is 0.462. The molecule has 2 fully saturated rings. The number of aromatic hydroxyl groups is 1. The van der Waals surface area contributed by atoms with Crippen LogP contribution in [0.25, 0.3) is 0 Å². The molecule has 1 saturated carbocycles. The molecule has 1 heterocycles. The van der Waals surface area contributed by atoms with E-state index in [0.717, 1.165) is 29.5 Å². The number of fused-ring (bicyclic) bond motifs is 2. The SMILES string of the molecule is Cc1ccc(CN2CC[C@H]3CC[C@@H](C3)C2)c(O)c1. The standard InChI is InChI=1S/C16H23NO/c1-12-2-5-15(16(18)8-12)11-17-7-6-13-3-4-14(9-13)10-17/h2,5,8,13-14,18H,3-4,6-7,9-11H2,1H3/t13-,14+/m1/s1. The fourth-order valence-corrected chi connectivity index (χ4v) is 3.62. The Kier molecular flexibility index (Phi) is 3.29. The molecule has 0 aromatic heterocycles. The third-order valence-corrected chi connectivity index (χ3v) is 4.65. The lowest BCUT2D eigenvalue weighted by Gasteiger charge is -2.25. The average molecular weight is 245 g/mol. The molecule has 1 aliphatic heterocycles. The zero-order valence-electron chi connectivity index (χ0n) is 11.2. The topological polar surface area (TPSA) is 23.5 Å². The highest BCUT2D eigenvalue weighted by molar-refractivity contribution is 5.35. The quantitative estimate of drug-likeness (QED) is 0.864. The number of nitrogens with zero attached hydrogens (tertiary/aromatic N) is 1. The van der Waals surface area contributed by atoms with Crippen molar-refractivity contribution >= 4 is 0 Å². The molecule has 1 aromatic rings. The van der Waals surface area contributed by atoms with E-state index in [9.17, 15) is 5.11 Å². The molecule has 1 aromatic carbocycles. The number of phenolic OH excluding ortho intramolecular Hbond substituents is 1. The van der Waals surface area contributed by atoms with Gasteiger partial charge in [0.15, 0.2) is 0 Å². The normalized spacial score (nSPS) is 28.3. The highest BCUT2D eigenvalue weighted by Crippen LogP contribution is 2.37. The summed E-state index contributed by atoms with van der Waals surface area (Å²) in [4.78, 5) is 2.54. The van der Waals surface area contributed by atoms with Gasteiger partial charge in [0, 0.05) is 18.7 Å². The van der Waals surface area contributed by atoms with Gasteiger partial charge in [-0.15, -0.1) is 0 Å². The summed E-state index contributed by atoms with van der Waals surface area (Å²) in [6, 6.07) is 6.05. The molecule has 18 heavy (non-hydrogen) atoms. The van der Waals surface area contributed by atoms with Crippen molar-refractivity contribution in [1.29, 1.82) is 0 Å². The number of likely N-dealkylation sites (tertiary alicyclic amines) is 1. The zero-order chi connectivity index (χ0) is 12.5. The first kappa shape index (κ1) is 12.0. The molecule has 2 bridgehead atoms. The van der Waals surface area contributed by atoms with Gasteiger partial charge in [-0.1, -0.05) is 18.6 Å². The third-order valence-electron chi connectivity index (χ3n) is 4.65. The zero-order valence-corrected chi connectivity index (χ0v) is 11.2. The summed E-state index contributed by atoms with van der Waals surface area (Å²) in [6.45, 7) is 5.36. The second-order valence-electron chi connectivity index (χ2n) is 6.20. The summed E-state index contributed by atoms with van der Waals surface area (Å²) in [5, 5.41) is 10.00. The van der Waals surface area contributed by atoms with Crippen LogP contribution in [0.2, 0.25) is 0 Å². The number of hydrogen-bond acceptors (Lipinski definition) is 2. The van der Waals surface area contributed by atoms with Crippen LogP contribution in [-0.4, -0.2) is 23.1 Å². The minimum Gasteiger partial charge on any atom is -0.508 e. The predicted molar refractivity (Wildman–Crippen MR) is 73.6 cm³/mol. The maximum atomic E-state index is 10.00. The summed E-state index contributed by atoms with van der Waals surface area (Å²) >= 11 is 0. The smallest absolute Gasteiger partial charge is 0.120 e. The van der Waals surface area contributed by atoms with Crippen molar-refractivity contribution in [2.75, 3.05) is 13.1 Å². The first-order valence-electron chi connectivity index (χ1n) is 7.21. The van der Waals surface area contributed by atoms with Crippen molar-refractivity contribution in [3.05, 3.63) is 29.3 Å². The van der Waals surface area contributed by atoms with Gasteiger partial charge in [-0.05, 0) is 56.2 Å². The molecule has 2 heteroatoms. The second kappa shape index (κ2) is 4.93. The van der Waals surface area contributed by atoms with Crippen LogP contribution in [0.3, 0.4) is 0 Å². The van der Waals surface area contributed by atoms with Gasteiger partial charge in [-0.3, -0.25) is 4.90 Å². The van der Waals surface area contributed by atoms with E-state index in [-0.39, 0.29) is 0 Å². The lowest BCUT2D eigenvalue weighted by atomic mass is 10.0. The summed E-state index contributed by atoms with van der Waals surface area (Å²) in [5.74, 6) is 2.35. The minimum atomic E-state index is 0.462. The number of benzene rings is 1. The first-order chi connectivity index (χ1) is 8.70. The van der Waals surface area contributed by atoms with E-state index in [1.165, 1.54) is 38.8 Å². The molecule has 0 radical (unpaired) electrons. The van der Waals surface area contributed by atoms with Gasteiger partial charge in [0.25, 0.3) is 0 Å². The Hall–Kier alpha value is -1.02. The summed E-state index contributed by atoms with van der Waals surface area (Å²) in [5.41, 5.74) is 2.21. The van der Waals surface area contributed by atoms with E-state index in [2.05, 4.69) is 17.0 Å². The van der Waals surface area contributed by atoms with Crippen molar-refractivity contribution in [3.8, 4) is 5.75 Å². The molecular formula is C16H23NO. The first-order valence-corrected chi connectivity index (χ1v) is 7.21. The largest absolute Gasteiger partial charge is 0.508 e. The maximum Gasteiger partial charge on any atom is 0.120 e. The van der Waals surface area contributed by atoms with Crippen LogP contribution in [0.4, 0.5) is 0 Å². The molecular weight excluding hydrogens is 222 g/mol. The molecule has 1 aliphatic carbocycles. The molecule has 2 atom stereocenters. The average Bonchev–Trinajstić information content (AvgIpc) is 2.66. The van der Waals surface area contributed by atoms with Gasteiger partial charge < -0.3 is 5.11 Å². The number of aryl methyl sites for hydroxylation is 1. The molecule has 0 amide bonds. The highest BCUT2D eigenvalue weighted by atomic mass is 16.3. The van der Waals surface area contributed by atoms with Crippen LogP contribution in [0.1, 0.15) is 36.8 Å². The third kappa shape index (κ3) is 2.54. The van der Waals surface area contributed by atoms with Gasteiger partial charge in [0.05, 0.1) is 0 Å². The molecule has 1 saturated heterocycles. The van der Waals surface area contributed by atoms with Gasteiger partial charge >= 0.3 is 0 Å². The van der Waals surface area contributed by atoms with Gasteiger partial charge in [0.2, 0.25) is 0 Å². The Labute approximate surface area is 110 Å². The van der Waals surface area contributed by atoms with E-state index < -0.39 is 0 Å². The molecule has 3 rings (SSSR count). The Morgan fingerprint density at radius 1 is 1.22 bits per heavy atom. The van der Waals surface area contributed by atoms with Crippen molar-refractivity contribution in [2.45, 2.75) is 39.2 Å². The van der Waals surface area contributed by atoms with Gasteiger partial charge in [-0.2, -0.15) is 0 Å². The molecule has 0 spiro atoms. The maximum absolute atomic E-state index is 10.00. The number of hydrogen-bond donors (Lipinski definition) is 1. The van der Waals surface area contributed by atoms with E-state index in [0.29, 0.717) is 5.75 Å². The fourth-order valence-electron chi connectivity index (χ4n) is 3.62. The Balaban J connectivity index is 1.68. The van der Waals surface area contributed by atoms with Crippen molar-refractivity contribution < 1.29 is 5.11 Å². The van der Waals surface area contributed by atoms with Crippen LogP contribution in [0, 0.1) is 18.8 Å². The van der Waals surface area contributed by atoms with Crippen molar-refractivity contribution in [1.82, 2.24) is 4.90 Å². The highest BCUT2D eigenvalue weighted by Gasteiger charge is 2.29. The monoisotopic (exact) mass is 245 g/mol. The fraction of sp³-hybridized carbons (Fsp3) is 0.625. The van der Waals surface area contributed by atoms with Crippen LogP contribution >= 0.6 is 0 Å². The molecule has 98 valence electrons. The number of phenols is 1. The van der Waals surface area contributed by atoms with Crippen LogP contribution < -0.4 is 0 Å².